The number of benzene rings is 3. The Morgan fingerprint density at radius 2 is 1.36 bits per heavy atom. The van der Waals surface area contributed by atoms with Crippen LogP contribution in [0.3, 0.4) is 0 Å². The minimum absolute atomic E-state index is 0.0668. The van der Waals surface area contributed by atoms with E-state index in [9.17, 15) is 4.57 Å². The van der Waals surface area contributed by atoms with E-state index >= 15 is 0 Å². The van der Waals surface area contributed by atoms with Crippen LogP contribution in [-0.2, 0) is 23.3 Å². The predicted octanol–water partition coefficient (Wildman–Crippen LogP) is 7.04. The molecule has 0 aromatic heterocycles. The zero-order valence-electron chi connectivity index (χ0n) is 20.0. The van der Waals surface area contributed by atoms with Crippen molar-refractivity contribution in [2.75, 3.05) is 6.61 Å². The van der Waals surface area contributed by atoms with Gasteiger partial charge in [0.2, 0.25) is 0 Å². The van der Waals surface area contributed by atoms with Gasteiger partial charge >= 0.3 is 7.82 Å². The van der Waals surface area contributed by atoms with E-state index in [0.29, 0.717) is 24.5 Å². The van der Waals surface area contributed by atoms with Crippen molar-refractivity contribution in [3.8, 4) is 11.5 Å². The van der Waals surface area contributed by atoms with E-state index in [1.807, 2.05) is 42.5 Å². The Morgan fingerprint density at radius 1 is 0.778 bits per heavy atom. The second kappa shape index (κ2) is 11.2. The van der Waals surface area contributed by atoms with Crippen LogP contribution < -0.4 is 9.05 Å². The zero-order valence-corrected chi connectivity index (χ0v) is 20.9. The summed E-state index contributed by atoms with van der Waals surface area (Å²) in [6.07, 6.45) is 2.08. The van der Waals surface area contributed by atoms with E-state index in [2.05, 4.69) is 6.92 Å². The Hall–Kier alpha value is -3.25. The highest BCUT2D eigenvalue weighted by atomic mass is 31.2. The Labute approximate surface area is 211 Å². The second-order valence-electron chi connectivity index (χ2n) is 8.85. The van der Waals surface area contributed by atoms with Crippen LogP contribution in [-0.4, -0.2) is 18.8 Å². The Kier molecular flexibility index (Phi) is 7.61. The van der Waals surface area contributed by atoms with Crippen molar-refractivity contribution >= 4 is 7.82 Å². The molecule has 7 nitrogen and oxygen atoms in total. The first kappa shape index (κ1) is 24.4. The summed E-state index contributed by atoms with van der Waals surface area (Å²) in [7, 11) is -4.17. The van der Waals surface area contributed by atoms with Crippen LogP contribution in [0.2, 0.25) is 0 Å². The fourth-order valence-corrected chi connectivity index (χ4v) is 5.32. The first-order valence-corrected chi connectivity index (χ1v) is 13.5. The molecule has 188 valence electrons. The molecule has 8 heteroatoms. The lowest BCUT2D eigenvalue weighted by Crippen LogP contribution is -2.43. The van der Waals surface area contributed by atoms with Gasteiger partial charge in [-0.15, -0.1) is 0 Å². The van der Waals surface area contributed by atoms with Crippen molar-refractivity contribution < 1.29 is 32.3 Å². The molecule has 0 unspecified atom stereocenters. The SMILES string of the molecule is C[C@H]1C/C=C(/OP(=O)(Oc2ccccc2)Oc2ccccc2)O[C@@H]2CO[C@@H](c3ccccc3)O[C@H]2C1. The van der Waals surface area contributed by atoms with Gasteiger partial charge in [0.15, 0.2) is 12.4 Å². The Bertz CT molecular complexity index is 1140. The lowest BCUT2D eigenvalue weighted by molar-refractivity contribution is -0.268. The Morgan fingerprint density at radius 3 is 1.97 bits per heavy atom. The number of phosphoric acid groups is 1. The number of ether oxygens (including phenoxy) is 3. The summed E-state index contributed by atoms with van der Waals surface area (Å²) in [6.45, 7) is 2.43. The predicted molar refractivity (Wildman–Crippen MR) is 134 cm³/mol. The van der Waals surface area contributed by atoms with Gasteiger partial charge in [0, 0.05) is 5.56 Å². The fourth-order valence-electron chi connectivity index (χ4n) is 4.11. The van der Waals surface area contributed by atoms with Crippen LogP contribution in [0.25, 0.3) is 0 Å². The maximum atomic E-state index is 13.8. The quantitative estimate of drug-likeness (QED) is 0.317. The zero-order chi connectivity index (χ0) is 24.8. The summed E-state index contributed by atoms with van der Waals surface area (Å²) in [4.78, 5) is 0. The minimum atomic E-state index is -4.17. The summed E-state index contributed by atoms with van der Waals surface area (Å²) in [5.41, 5.74) is 0.953. The van der Waals surface area contributed by atoms with Gasteiger partial charge in [-0.2, -0.15) is 4.57 Å². The van der Waals surface area contributed by atoms with Crippen molar-refractivity contribution in [3.05, 3.63) is 109 Å². The average Bonchev–Trinajstić information content (AvgIpc) is 2.89. The molecule has 3 aromatic carbocycles. The van der Waals surface area contributed by atoms with E-state index < -0.39 is 20.2 Å². The summed E-state index contributed by atoms with van der Waals surface area (Å²) in [6, 6.07) is 27.3. The monoisotopic (exact) mass is 508 g/mol. The highest BCUT2D eigenvalue weighted by Crippen LogP contribution is 2.52. The maximum Gasteiger partial charge on any atom is 0.649 e. The van der Waals surface area contributed by atoms with Crippen LogP contribution in [0.5, 0.6) is 11.5 Å². The van der Waals surface area contributed by atoms with Crippen molar-refractivity contribution in [2.45, 2.75) is 38.3 Å². The molecule has 0 amide bonds. The van der Waals surface area contributed by atoms with Crippen molar-refractivity contribution in [3.63, 3.8) is 0 Å². The van der Waals surface area contributed by atoms with E-state index in [4.69, 9.17) is 27.8 Å². The van der Waals surface area contributed by atoms with Crippen LogP contribution in [0, 0.1) is 5.92 Å². The molecular weight excluding hydrogens is 479 g/mol. The third-order valence-electron chi connectivity index (χ3n) is 5.91. The first-order valence-electron chi connectivity index (χ1n) is 12.0. The van der Waals surface area contributed by atoms with Gasteiger partial charge in [0.1, 0.15) is 17.6 Å². The highest BCUT2D eigenvalue weighted by Gasteiger charge is 2.40. The lowest BCUT2D eigenvalue weighted by atomic mass is 9.95. The number of para-hydroxylation sites is 2. The molecule has 0 aliphatic carbocycles. The second-order valence-corrected chi connectivity index (χ2v) is 10.3. The van der Waals surface area contributed by atoms with Crippen LogP contribution in [0.1, 0.15) is 31.6 Å². The number of hydrogen-bond donors (Lipinski definition) is 0. The largest absolute Gasteiger partial charge is 0.649 e. The lowest BCUT2D eigenvalue weighted by Gasteiger charge is -2.39. The van der Waals surface area contributed by atoms with Gasteiger partial charge in [-0.05, 0) is 49.1 Å². The van der Waals surface area contributed by atoms with E-state index in [-0.39, 0.29) is 18.0 Å². The summed E-state index contributed by atoms with van der Waals surface area (Å²) in [5.74, 6) is 1.05. The molecule has 5 rings (SSSR count). The van der Waals surface area contributed by atoms with Crippen molar-refractivity contribution in [1.82, 2.24) is 0 Å². The molecule has 2 aliphatic heterocycles. The minimum Gasteiger partial charge on any atom is -0.457 e. The molecule has 0 spiro atoms. The molecule has 0 N–H and O–H groups in total. The van der Waals surface area contributed by atoms with Gasteiger partial charge in [-0.3, -0.25) is 0 Å². The van der Waals surface area contributed by atoms with Crippen LogP contribution in [0.15, 0.2) is 103 Å². The van der Waals surface area contributed by atoms with Crippen LogP contribution >= 0.6 is 7.82 Å². The van der Waals surface area contributed by atoms with Crippen LogP contribution in [0.4, 0.5) is 0 Å². The highest BCUT2D eigenvalue weighted by molar-refractivity contribution is 7.49. The topological polar surface area (TPSA) is 72.5 Å². The molecule has 2 heterocycles. The molecule has 36 heavy (non-hydrogen) atoms. The fraction of sp³-hybridized carbons (Fsp3) is 0.286. The van der Waals surface area contributed by atoms with Crippen molar-refractivity contribution in [1.29, 1.82) is 0 Å². The van der Waals surface area contributed by atoms with Crippen molar-refractivity contribution in [2.24, 2.45) is 5.92 Å². The number of fused-ring (bicyclic) bond motifs is 1. The number of rotatable bonds is 7. The molecule has 0 bridgehead atoms. The standard InChI is InChI=1S/C28H29O7P/c1-21-17-18-27(31-26-20-30-28(32-25(26)19-21)22-11-5-2-6-12-22)35-36(29,33-23-13-7-3-8-14-23)34-24-15-9-4-10-16-24/h2-16,18,21,25-26,28H,17,19-20H2,1H3/b27-18+/t21-,25-,26+,28+/m0/s1. The van der Waals surface area contributed by atoms with Gasteiger partial charge in [-0.25, -0.2) is 0 Å². The molecule has 3 aromatic rings. The van der Waals surface area contributed by atoms with E-state index in [0.717, 1.165) is 12.0 Å². The van der Waals surface area contributed by atoms with Gasteiger partial charge in [0.05, 0.1) is 6.61 Å². The molecule has 0 radical (unpaired) electrons. The third-order valence-corrected chi connectivity index (χ3v) is 7.18. The maximum absolute atomic E-state index is 13.8. The molecule has 4 atom stereocenters. The molecular formula is C28H29O7P. The summed E-state index contributed by atoms with van der Waals surface area (Å²) < 4.78 is 49.6. The number of allylic oxidation sites excluding steroid dienone is 1. The van der Waals surface area contributed by atoms with Gasteiger partial charge in [0.25, 0.3) is 5.95 Å². The smallest absolute Gasteiger partial charge is 0.457 e. The normalized spacial score (nSPS) is 25.6. The molecule has 0 saturated carbocycles. The number of phosphoric ester groups is 1. The molecule has 1 fully saturated rings. The molecule has 2 aliphatic rings. The number of hydrogen-bond acceptors (Lipinski definition) is 7. The third kappa shape index (κ3) is 6.30. The summed E-state index contributed by atoms with van der Waals surface area (Å²) in [5, 5.41) is 0. The van der Waals surface area contributed by atoms with E-state index in [1.54, 1.807) is 54.6 Å². The summed E-state index contributed by atoms with van der Waals surface area (Å²) >= 11 is 0. The first-order chi connectivity index (χ1) is 17.6. The van der Waals surface area contributed by atoms with Gasteiger partial charge < -0.3 is 27.8 Å². The Balaban J connectivity index is 1.35. The molecule has 1 saturated heterocycles. The van der Waals surface area contributed by atoms with Gasteiger partial charge in [-0.1, -0.05) is 73.7 Å². The van der Waals surface area contributed by atoms with E-state index in [1.165, 1.54) is 0 Å². The average molecular weight is 509 g/mol.